The maximum atomic E-state index is 13.4. The number of fused-ring (bicyclic) bond motifs is 1. The Morgan fingerprint density at radius 1 is 1.00 bits per heavy atom. The number of carbonyl (C=O) groups is 1. The Kier molecular flexibility index (Phi) is 6.32. The van der Waals surface area contributed by atoms with Gasteiger partial charge >= 0.3 is 0 Å². The Hall–Kier alpha value is -2.75. The monoisotopic (exact) mass is 432 g/mol. The van der Waals surface area contributed by atoms with Gasteiger partial charge in [-0.05, 0) is 73.1 Å². The van der Waals surface area contributed by atoms with Crippen LogP contribution in [0, 0.1) is 19.3 Å². The minimum absolute atomic E-state index is 0.0477. The van der Waals surface area contributed by atoms with Crippen LogP contribution in [0.1, 0.15) is 75.6 Å². The molecular weight excluding hydrogens is 396 g/mol. The van der Waals surface area contributed by atoms with E-state index >= 15 is 0 Å². The highest BCUT2D eigenvalue weighted by molar-refractivity contribution is 6.01. The van der Waals surface area contributed by atoms with E-state index < -0.39 is 0 Å². The molecule has 0 saturated carbocycles. The molecule has 2 aromatic carbocycles. The molecule has 1 aliphatic heterocycles. The molecule has 0 spiro atoms. The molecule has 0 saturated heterocycles. The van der Waals surface area contributed by atoms with E-state index in [0.29, 0.717) is 6.42 Å². The number of ether oxygens (including phenoxy) is 1. The first-order chi connectivity index (χ1) is 15.3. The number of hydrogen-bond donors (Lipinski definition) is 2. The van der Waals surface area contributed by atoms with Crippen molar-refractivity contribution in [2.24, 2.45) is 5.41 Å². The smallest absolute Gasteiger partial charge is 0.163 e. The van der Waals surface area contributed by atoms with E-state index in [1.54, 1.807) is 0 Å². The number of anilines is 2. The number of Topliss-reactive ketones (excluding diaryl/α,β-unsaturated/α-hetero) is 1. The van der Waals surface area contributed by atoms with E-state index in [4.69, 9.17) is 4.74 Å². The highest BCUT2D eigenvalue weighted by Gasteiger charge is 2.38. The lowest BCUT2D eigenvalue weighted by Crippen LogP contribution is -2.31. The number of allylic oxidation sites excluding steroid dienone is 1. The minimum atomic E-state index is -0.182. The number of nitrogens with one attached hydrogen (secondary N) is 2. The molecule has 0 aromatic heterocycles. The first-order valence-corrected chi connectivity index (χ1v) is 11.9. The van der Waals surface area contributed by atoms with Crippen LogP contribution in [0.4, 0.5) is 11.4 Å². The van der Waals surface area contributed by atoms with Gasteiger partial charge in [0.05, 0.1) is 24.0 Å². The van der Waals surface area contributed by atoms with E-state index in [2.05, 4.69) is 69.5 Å². The number of benzene rings is 2. The van der Waals surface area contributed by atoms with Crippen molar-refractivity contribution in [2.75, 3.05) is 17.2 Å². The van der Waals surface area contributed by atoms with Gasteiger partial charge in [-0.25, -0.2) is 0 Å². The SMILES string of the molecule is CCCCCOc1ccc([C@@H]2Nc3cc(C)c(C)cc3NC3=C2C(=O)CC(C)(C)C3)cc1. The number of rotatable bonds is 6. The van der Waals surface area contributed by atoms with Crippen LogP contribution in [0.25, 0.3) is 0 Å². The molecule has 0 radical (unpaired) electrons. The number of hydrogen-bond acceptors (Lipinski definition) is 4. The van der Waals surface area contributed by atoms with Gasteiger partial charge in [-0.3, -0.25) is 4.79 Å². The molecule has 1 atom stereocenters. The molecule has 32 heavy (non-hydrogen) atoms. The average Bonchev–Trinajstić information content (AvgIpc) is 2.88. The first-order valence-electron chi connectivity index (χ1n) is 11.9. The zero-order valence-electron chi connectivity index (χ0n) is 20.1. The fourth-order valence-electron chi connectivity index (χ4n) is 4.76. The van der Waals surface area contributed by atoms with Gasteiger partial charge in [-0.15, -0.1) is 0 Å². The second-order valence-electron chi connectivity index (χ2n) is 10.1. The third kappa shape index (κ3) is 4.69. The van der Waals surface area contributed by atoms with Crippen LogP contribution < -0.4 is 15.4 Å². The maximum Gasteiger partial charge on any atom is 0.163 e. The van der Waals surface area contributed by atoms with Gasteiger partial charge in [0.2, 0.25) is 0 Å². The summed E-state index contributed by atoms with van der Waals surface area (Å²) in [5, 5.41) is 7.34. The molecule has 0 unspecified atom stereocenters. The Balaban J connectivity index is 1.70. The summed E-state index contributed by atoms with van der Waals surface area (Å²) in [5.41, 5.74) is 7.51. The molecule has 0 amide bonds. The molecular formula is C28H36N2O2. The summed E-state index contributed by atoms with van der Waals surface area (Å²) in [6.45, 7) is 11.5. The quantitative estimate of drug-likeness (QED) is 0.478. The minimum Gasteiger partial charge on any atom is -0.494 e. The summed E-state index contributed by atoms with van der Waals surface area (Å²) in [6.07, 6.45) is 4.87. The van der Waals surface area contributed by atoms with E-state index in [1.807, 2.05) is 12.1 Å². The average molecular weight is 433 g/mol. The number of ketones is 1. The van der Waals surface area contributed by atoms with Crippen LogP contribution in [-0.2, 0) is 4.79 Å². The van der Waals surface area contributed by atoms with Crippen molar-refractivity contribution in [2.45, 2.75) is 72.8 Å². The topological polar surface area (TPSA) is 50.4 Å². The molecule has 170 valence electrons. The Morgan fingerprint density at radius 3 is 2.38 bits per heavy atom. The fraction of sp³-hybridized carbons (Fsp3) is 0.464. The van der Waals surface area contributed by atoms with Crippen molar-refractivity contribution in [1.82, 2.24) is 0 Å². The van der Waals surface area contributed by atoms with Gasteiger partial charge < -0.3 is 15.4 Å². The lowest BCUT2D eigenvalue weighted by atomic mass is 9.73. The van der Waals surface area contributed by atoms with Crippen molar-refractivity contribution in [3.63, 3.8) is 0 Å². The number of aryl methyl sites for hydroxylation is 2. The second kappa shape index (κ2) is 9.01. The predicted molar refractivity (Wildman–Crippen MR) is 132 cm³/mol. The summed E-state index contributed by atoms with van der Waals surface area (Å²) in [6, 6.07) is 12.4. The van der Waals surface area contributed by atoms with Crippen molar-refractivity contribution in [3.05, 3.63) is 64.4 Å². The molecule has 2 aliphatic rings. The second-order valence-corrected chi connectivity index (χ2v) is 10.1. The van der Waals surface area contributed by atoms with Crippen LogP contribution in [0.2, 0.25) is 0 Å². The lowest BCUT2D eigenvalue weighted by molar-refractivity contribution is -0.118. The molecule has 1 aliphatic carbocycles. The molecule has 0 bridgehead atoms. The van der Waals surface area contributed by atoms with Crippen molar-refractivity contribution >= 4 is 17.2 Å². The van der Waals surface area contributed by atoms with Crippen LogP contribution in [0.15, 0.2) is 47.7 Å². The van der Waals surface area contributed by atoms with Gasteiger partial charge in [-0.2, -0.15) is 0 Å². The molecule has 4 nitrogen and oxygen atoms in total. The lowest BCUT2D eigenvalue weighted by Gasteiger charge is -2.34. The summed E-state index contributed by atoms with van der Waals surface area (Å²) in [5.74, 6) is 1.11. The first kappa shape index (κ1) is 22.4. The van der Waals surface area contributed by atoms with E-state index in [-0.39, 0.29) is 17.2 Å². The van der Waals surface area contributed by atoms with Gasteiger partial charge in [0.1, 0.15) is 5.75 Å². The summed E-state index contributed by atoms with van der Waals surface area (Å²) in [4.78, 5) is 13.4. The van der Waals surface area contributed by atoms with Gasteiger partial charge in [-0.1, -0.05) is 45.7 Å². The Bertz CT molecular complexity index is 1030. The van der Waals surface area contributed by atoms with Crippen molar-refractivity contribution < 1.29 is 9.53 Å². The Labute approximate surface area is 192 Å². The zero-order valence-corrected chi connectivity index (χ0v) is 20.1. The standard InChI is InChI=1S/C28H36N2O2/c1-6-7-8-13-32-21-11-9-20(10-12-21)27-26-24(16-28(4,5)17-25(26)31)29-22-14-18(2)19(3)15-23(22)30-27/h9-12,14-15,27,29-30H,6-8,13,16-17H2,1-5H3/t27-/m0/s1. The summed E-state index contributed by atoms with van der Waals surface area (Å²) < 4.78 is 5.90. The molecule has 1 heterocycles. The number of carbonyl (C=O) groups excluding carboxylic acids is 1. The molecule has 2 N–H and O–H groups in total. The van der Waals surface area contributed by atoms with Crippen LogP contribution in [0.5, 0.6) is 5.75 Å². The third-order valence-corrected chi connectivity index (χ3v) is 6.66. The van der Waals surface area contributed by atoms with Crippen LogP contribution in [0.3, 0.4) is 0 Å². The van der Waals surface area contributed by atoms with Gasteiger partial charge in [0.15, 0.2) is 5.78 Å². The van der Waals surface area contributed by atoms with Crippen LogP contribution in [-0.4, -0.2) is 12.4 Å². The fourth-order valence-corrected chi connectivity index (χ4v) is 4.76. The highest BCUT2D eigenvalue weighted by Crippen LogP contribution is 2.46. The molecule has 2 aromatic rings. The zero-order chi connectivity index (χ0) is 22.9. The summed E-state index contributed by atoms with van der Waals surface area (Å²) in [7, 11) is 0. The number of unbranched alkanes of at least 4 members (excludes halogenated alkanes) is 2. The third-order valence-electron chi connectivity index (χ3n) is 6.66. The van der Waals surface area contributed by atoms with E-state index in [9.17, 15) is 4.79 Å². The molecule has 4 heteroatoms. The Morgan fingerprint density at radius 2 is 1.69 bits per heavy atom. The highest BCUT2D eigenvalue weighted by atomic mass is 16.5. The van der Waals surface area contributed by atoms with E-state index in [0.717, 1.165) is 53.4 Å². The van der Waals surface area contributed by atoms with E-state index in [1.165, 1.54) is 24.0 Å². The van der Waals surface area contributed by atoms with Crippen molar-refractivity contribution in [3.8, 4) is 5.75 Å². The van der Waals surface area contributed by atoms with Crippen LogP contribution >= 0.6 is 0 Å². The van der Waals surface area contributed by atoms with Gasteiger partial charge in [0.25, 0.3) is 0 Å². The maximum absolute atomic E-state index is 13.4. The predicted octanol–water partition coefficient (Wildman–Crippen LogP) is 7.09. The molecule has 4 rings (SSSR count). The van der Waals surface area contributed by atoms with Crippen molar-refractivity contribution in [1.29, 1.82) is 0 Å². The largest absolute Gasteiger partial charge is 0.494 e. The van der Waals surface area contributed by atoms with Gasteiger partial charge in [0, 0.05) is 17.7 Å². The normalized spacial score (nSPS) is 19.4. The summed E-state index contributed by atoms with van der Waals surface area (Å²) >= 11 is 0. The molecule has 0 fully saturated rings.